The molecule has 6 nitrogen and oxygen atoms in total. The Balaban J connectivity index is 4.18. The van der Waals surface area contributed by atoms with Gasteiger partial charge in [-0.05, 0) is 77.0 Å². The maximum atomic E-state index is 12.9. The zero-order valence-corrected chi connectivity index (χ0v) is 50.3. The number of carbonyl (C=O) groups excluding carboxylic acids is 3. The Labute approximate surface area is 471 Å². The summed E-state index contributed by atoms with van der Waals surface area (Å²) >= 11 is 0. The van der Waals surface area contributed by atoms with Crippen molar-refractivity contribution < 1.29 is 28.6 Å². The lowest BCUT2D eigenvalue weighted by Crippen LogP contribution is -2.30. The highest BCUT2D eigenvalue weighted by atomic mass is 16.6. The fraction of sp³-hybridized carbons (Fsp3) is 0.757. The van der Waals surface area contributed by atoms with Crippen molar-refractivity contribution in [2.45, 2.75) is 329 Å². The van der Waals surface area contributed by atoms with E-state index < -0.39 is 6.10 Å². The minimum Gasteiger partial charge on any atom is -0.462 e. The molecular weight excluding hydrogens is 937 g/mol. The summed E-state index contributed by atoms with van der Waals surface area (Å²) in [5, 5.41) is 0. The first-order valence-electron chi connectivity index (χ1n) is 32.6. The summed E-state index contributed by atoms with van der Waals surface area (Å²) < 4.78 is 16.9. The summed E-state index contributed by atoms with van der Waals surface area (Å²) in [6, 6.07) is 0. The third-order valence-corrected chi connectivity index (χ3v) is 14.2. The largest absolute Gasteiger partial charge is 0.462 e. The molecule has 0 fully saturated rings. The summed E-state index contributed by atoms with van der Waals surface area (Å²) in [5.74, 6) is -0.867. The number of ether oxygens (including phenoxy) is 3. The van der Waals surface area contributed by atoms with Crippen LogP contribution in [0, 0.1) is 0 Å². The fourth-order valence-corrected chi connectivity index (χ4v) is 9.31. The summed E-state index contributed by atoms with van der Waals surface area (Å²) in [4.78, 5) is 38.2. The first kappa shape index (κ1) is 72.6. The lowest BCUT2D eigenvalue weighted by Gasteiger charge is -2.18. The number of unbranched alkanes of at least 4 members (excludes halogenated alkanes) is 34. The molecule has 0 aliphatic carbocycles. The van der Waals surface area contributed by atoms with Crippen molar-refractivity contribution >= 4 is 17.9 Å². The van der Waals surface area contributed by atoms with Crippen molar-refractivity contribution in [1.82, 2.24) is 0 Å². The number of hydrogen-bond acceptors (Lipinski definition) is 6. The normalized spacial score (nSPS) is 12.6. The van der Waals surface area contributed by atoms with Crippen LogP contribution in [0.1, 0.15) is 323 Å². The van der Waals surface area contributed by atoms with Crippen LogP contribution in [0.5, 0.6) is 0 Å². The Kier molecular flexibility index (Phi) is 61.2. The maximum absolute atomic E-state index is 12.9. The van der Waals surface area contributed by atoms with Crippen molar-refractivity contribution in [3.8, 4) is 0 Å². The quantitative estimate of drug-likeness (QED) is 0.0261. The third-order valence-electron chi connectivity index (χ3n) is 14.2. The Hall–Kier alpha value is -3.41. The molecule has 1 unspecified atom stereocenters. The molecule has 0 aliphatic heterocycles. The molecule has 76 heavy (non-hydrogen) atoms. The van der Waals surface area contributed by atoms with Gasteiger partial charge in [0.05, 0.1) is 0 Å². The Morgan fingerprint density at radius 1 is 0.276 bits per heavy atom. The average molecular weight is 1060 g/mol. The van der Waals surface area contributed by atoms with E-state index in [0.29, 0.717) is 19.3 Å². The number of allylic oxidation sites excluding steroid dienone is 14. The van der Waals surface area contributed by atoms with E-state index in [1.54, 1.807) is 0 Å². The number of carbonyl (C=O) groups is 3. The zero-order valence-electron chi connectivity index (χ0n) is 50.3. The topological polar surface area (TPSA) is 78.9 Å². The molecule has 0 aliphatic rings. The first-order chi connectivity index (χ1) is 37.5. The van der Waals surface area contributed by atoms with Gasteiger partial charge in [-0.3, -0.25) is 14.4 Å². The van der Waals surface area contributed by atoms with Crippen molar-refractivity contribution in [2.24, 2.45) is 0 Å². The van der Waals surface area contributed by atoms with E-state index in [9.17, 15) is 14.4 Å². The summed E-state index contributed by atoms with van der Waals surface area (Å²) in [6.45, 7) is 6.54. The molecular formula is C70H122O6. The van der Waals surface area contributed by atoms with E-state index >= 15 is 0 Å². The molecule has 438 valence electrons. The monoisotopic (exact) mass is 1060 g/mol. The molecule has 0 bridgehead atoms. The van der Waals surface area contributed by atoms with Crippen molar-refractivity contribution in [3.05, 3.63) is 85.1 Å². The predicted octanol–water partition coefficient (Wildman–Crippen LogP) is 22.3. The SMILES string of the molecule is CC/C=C\C/C=C\C/C=C\C/C=C\C/C=C\C/C=C\C/C=C\CCCCCCCCCCCC(=O)OCC(COC(=O)CCCCCCCCCCC)OC(=O)CCCCCCCCCCCCCCCCCCCC. The lowest BCUT2D eigenvalue weighted by atomic mass is 10.0. The van der Waals surface area contributed by atoms with Gasteiger partial charge in [-0.25, -0.2) is 0 Å². The molecule has 0 saturated carbocycles. The van der Waals surface area contributed by atoms with Gasteiger partial charge in [-0.2, -0.15) is 0 Å². The van der Waals surface area contributed by atoms with Gasteiger partial charge in [0, 0.05) is 19.3 Å². The molecule has 0 saturated heterocycles. The highest BCUT2D eigenvalue weighted by molar-refractivity contribution is 5.71. The Bertz CT molecular complexity index is 1450. The predicted molar refractivity (Wildman–Crippen MR) is 330 cm³/mol. The molecule has 0 aromatic rings. The van der Waals surface area contributed by atoms with E-state index in [4.69, 9.17) is 14.2 Å². The van der Waals surface area contributed by atoms with Gasteiger partial charge < -0.3 is 14.2 Å². The van der Waals surface area contributed by atoms with Crippen LogP contribution in [0.15, 0.2) is 85.1 Å². The van der Waals surface area contributed by atoms with E-state index in [1.807, 2.05) is 0 Å². The van der Waals surface area contributed by atoms with E-state index in [-0.39, 0.29) is 31.1 Å². The minimum atomic E-state index is -0.775. The van der Waals surface area contributed by atoms with Crippen LogP contribution in [-0.4, -0.2) is 37.2 Å². The van der Waals surface area contributed by atoms with Crippen LogP contribution in [0.3, 0.4) is 0 Å². The molecule has 0 heterocycles. The molecule has 0 aromatic heterocycles. The molecule has 0 rings (SSSR count). The standard InChI is InChI=1S/C70H122O6/c1-4-7-10-13-16-19-21-23-25-27-29-30-31-32-33-34-35-36-37-38-39-40-41-43-44-46-48-51-54-57-60-63-69(72)75-66-67(65-74-68(71)62-59-56-53-50-18-15-12-9-6-3)76-70(73)64-61-58-55-52-49-47-45-42-28-26-24-22-20-17-14-11-8-5-2/h7,10,16,19,23,25,29-30,32-33,35-36,38-39,67H,4-6,8-9,11-15,17-18,20-22,24,26-28,31,34,37,40-66H2,1-3H3/b10-7-,19-16-,25-23-,30-29-,33-32-,36-35-,39-38-. The van der Waals surface area contributed by atoms with Crippen LogP contribution in [0.25, 0.3) is 0 Å². The molecule has 0 N–H and O–H groups in total. The number of esters is 3. The average Bonchev–Trinajstić information content (AvgIpc) is 3.42. The van der Waals surface area contributed by atoms with Gasteiger partial charge in [0.15, 0.2) is 6.10 Å². The van der Waals surface area contributed by atoms with Gasteiger partial charge in [0.25, 0.3) is 0 Å². The highest BCUT2D eigenvalue weighted by Crippen LogP contribution is 2.17. The van der Waals surface area contributed by atoms with Crippen LogP contribution >= 0.6 is 0 Å². The molecule has 0 aromatic carbocycles. The molecule has 0 radical (unpaired) electrons. The second-order valence-electron chi connectivity index (χ2n) is 21.7. The van der Waals surface area contributed by atoms with Crippen LogP contribution in [0.4, 0.5) is 0 Å². The molecule has 1 atom stereocenters. The smallest absolute Gasteiger partial charge is 0.306 e. The van der Waals surface area contributed by atoms with E-state index in [2.05, 4.69) is 106 Å². The summed E-state index contributed by atoms with van der Waals surface area (Å²) in [5.41, 5.74) is 0. The fourth-order valence-electron chi connectivity index (χ4n) is 9.31. The zero-order chi connectivity index (χ0) is 55.0. The summed E-state index contributed by atoms with van der Waals surface area (Å²) in [7, 11) is 0. The van der Waals surface area contributed by atoms with Gasteiger partial charge in [-0.1, -0.05) is 311 Å². The van der Waals surface area contributed by atoms with Crippen molar-refractivity contribution in [2.75, 3.05) is 13.2 Å². The Morgan fingerprint density at radius 2 is 0.513 bits per heavy atom. The lowest BCUT2D eigenvalue weighted by molar-refractivity contribution is -0.167. The van der Waals surface area contributed by atoms with Crippen LogP contribution in [0.2, 0.25) is 0 Å². The van der Waals surface area contributed by atoms with Gasteiger partial charge >= 0.3 is 17.9 Å². The summed E-state index contributed by atoms with van der Waals surface area (Å²) in [6.07, 6.45) is 84.6. The number of hydrogen-bond donors (Lipinski definition) is 0. The van der Waals surface area contributed by atoms with Crippen LogP contribution in [-0.2, 0) is 28.6 Å². The van der Waals surface area contributed by atoms with E-state index in [1.165, 1.54) is 173 Å². The second kappa shape index (κ2) is 64.1. The molecule has 6 heteroatoms. The second-order valence-corrected chi connectivity index (χ2v) is 21.7. The Morgan fingerprint density at radius 3 is 0.803 bits per heavy atom. The third kappa shape index (κ3) is 61.4. The minimum absolute atomic E-state index is 0.0732. The highest BCUT2D eigenvalue weighted by Gasteiger charge is 2.19. The van der Waals surface area contributed by atoms with E-state index in [0.717, 1.165) is 109 Å². The van der Waals surface area contributed by atoms with Crippen molar-refractivity contribution in [3.63, 3.8) is 0 Å². The van der Waals surface area contributed by atoms with Crippen molar-refractivity contribution in [1.29, 1.82) is 0 Å². The first-order valence-corrected chi connectivity index (χ1v) is 32.6. The molecule has 0 amide bonds. The number of rotatable bonds is 59. The maximum Gasteiger partial charge on any atom is 0.306 e. The van der Waals surface area contributed by atoms with Crippen LogP contribution < -0.4 is 0 Å². The van der Waals surface area contributed by atoms with Gasteiger partial charge in [-0.15, -0.1) is 0 Å². The molecule has 0 spiro atoms. The van der Waals surface area contributed by atoms with Gasteiger partial charge in [0.2, 0.25) is 0 Å². The van der Waals surface area contributed by atoms with Gasteiger partial charge in [0.1, 0.15) is 13.2 Å².